The molecule has 0 aromatic heterocycles. The van der Waals surface area contributed by atoms with Crippen LogP contribution in [0.1, 0.15) is 45.6 Å². The summed E-state index contributed by atoms with van der Waals surface area (Å²) in [5, 5.41) is 0. The highest BCUT2D eigenvalue weighted by Crippen LogP contribution is 2.39. The average Bonchev–Trinajstić information content (AvgIpc) is 2.48. The molecule has 1 spiro atoms. The van der Waals surface area contributed by atoms with Gasteiger partial charge < -0.3 is 9.47 Å². The van der Waals surface area contributed by atoms with Crippen LogP contribution in [0.25, 0.3) is 0 Å². The van der Waals surface area contributed by atoms with Gasteiger partial charge in [0.05, 0.1) is 17.1 Å². The third-order valence-corrected chi connectivity index (χ3v) is 6.00. The molecule has 4 nitrogen and oxygen atoms in total. The smallest absolute Gasteiger partial charge is 0.145 e. The fraction of sp³-hybridized carbons (Fsp3) is 0.588. The zero-order chi connectivity index (χ0) is 16.7. The second kappa shape index (κ2) is 6.30. The number of rotatable bonds is 1. The summed E-state index contributed by atoms with van der Waals surface area (Å²) in [6.07, 6.45) is 2.55. The maximum Gasteiger partial charge on any atom is 0.145 e. The number of hydrogen-bond donors (Lipinski definition) is 0. The van der Waals surface area contributed by atoms with Crippen LogP contribution < -0.4 is 4.74 Å². The number of benzene rings is 1. The Morgan fingerprint density at radius 2 is 2.13 bits per heavy atom. The van der Waals surface area contributed by atoms with Gasteiger partial charge in [0.1, 0.15) is 22.3 Å². The van der Waals surface area contributed by atoms with Crippen molar-refractivity contribution in [3.63, 3.8) is 0 Å². The molecule has 2 aliphatic heterocycles. The van der Waals surface area contributed by atoms with Gasteiger partial charge in [-0.1, -0.05) is 15.9 Å². The summed E-state index contributed by atoms with van der Waals surface area (Å²) in [6.45, 7) is 7.15. The lowest BCUT2D eigenvalue weighted by atomic mass is 9.85. The van der Waals surface area contributed by atoms with Gasteiger partial charge in [-0.3, -0.25) is 0 Å². The van der Waals surface area contributed by atoms with Crippen molar-refractivity contribution in [3.8, 4) is 5.75 Å². The number of fused-ring (bicyclic) bond motifs is 1. The molecular formula is C17H22BrNO3S. The molecule has 1 unspecified atom stereocenters. The Hall–Kier alpha value is -0.720. The van der Waals surface area contributed by atoms with Gasteiger partial charge in [0.2, 0.25) is 0 Å². The number of halogens is 1. The summed E-state index contributed by atoms with van der Waals surface area (Å²) < 4.78 is 29.6. The summed E-state index contributed by atoms with van der Waals surface area (Å²) in [7, 11) is -1.29. The Morgan fingerprint density at radius 1 is 1.35 bits per heavy atom. The molecule has 1 fully saturated rings. The minimum absolute atomic E-state index is 0.375. The van der Waals surface area contributed by atoms with Crippen molar-refractivity contribution in [2.24, 2.45) is 4.40 Å². The lowest BCUT2D eigenvalue weighted by Crippen LogP contribution is -2.48. The van der Waals surface area contributed by atoms with E-state index in [-0.39, 0.29) is 10.3 Å². The summed E-state index contributed by atoms with van der Waals surface area (Å²) in [4.78, 5) is 0. The number of nitrogens with zero attached hydrogens (tertiary/aromatic N) is 1. The van der Waals surface area contributed by atoms with E-state index in [0.29, 0.717) is 13.0 Å². The first kappa shape index (κ1) is 17.1. The van der Waals surface area contributed by atoms with Gasteiger partial charge in [-0.25, -0.2) is 4.21 Å². The van der Waals surface area contributed by atoms with Crippen molar-refractivity contribution in [2.75, 3.05) is 13.2 Å². The Bertz CT molecular complexity index is 660. The molecule has 0 radical (unpaired) electrons. The zero-order valence-electron chi connectivity index (χ0n) is 13.7. The average molecular weight is 400 g/mol. The second-order valence-electron chi connectivity index (χ2n) is 7.16. The molecule has 2 aliphatic rings. The van der Waals surface area contributed by atoms with E-state index in [1.54, 1.807) is 0 Å². The van der Waals surface area contributed by atoms with Crippen LogP contribution in [0.15, 0.2) is 27.1 Å². The summed E-state index contributed by atoms with van der Waals surface area (Å²) in [5.41, 5.74) is 1.40. The minimum Gasteiger partial charge on any atom is -0.484 e. The highest BCUT2D eigenvalue weighted by molar-refractivity contribution is 9.10. The summed E-state index contributed by atoms with van der Waals surface area (Å²) >= 11 is 3.50. The maximum atomic E-state index is 12.5. The highest BCUT2D eigenvalue weighted by atomic mass is 79.9. The molecule has 3 rings (SSSR count). The number of ether oxygens (including phenoxy) is 2. The van der Waals surface area contributed by atoms with E-state index in [1.807, 2.05) is 39.0 Å². The van der Waals surface area contributed by atoms with Crippen molar-refractivity contribution in [1.82, 2.24) is 0 Å². The molecule has 0 N–H and O–H groups in total. The van der Waals surface area contributed by atoms with Gasteiger partial charge in [-0.05, 0) is 51.8 Å². The Morgan fingerprint density at radius 3 is 2.78 bits per heavy atom. The van der Waals surface area contributed by atoms with E-state index in [2.05, 4.69) is 20.3 Å². The topological polar surface area (TPSA) is 47.9 Å². The fourth-order valence-corrected chi connectivity index (χ4v) is 3.85. The first-order chi connectivity index (χ1) is 10.8. The molecule has 0 amide bonds. The van der Waals surface area contributed by atoms with Crippen LogP contribution in [0.2, 0.25) is 0 Å². The fourth-order valence-electron chi connectivity index (χ4n) is 2.85. The quantitative estimate of drug-likeness (QED) is 0.715. The van der Waals surface area contributed by atoms with Gasteiger partial charge in [-0.2, -0.15) is 4.40 Å². The standard InChI is InChI=1S/C17H22BrNO3S/c1-16(2,3)23(20)19-14-10-17(7-4-8-21-11-17)22-15-6-5-12(18)9-13(14)15/h5-6,9H,4,7-8,10-11H2,1-3H3/t17?,23-/m0/s1. The molecule has 6 heteroatoms. The third kappa shape index (κ3) is 3.69. The third-order valence-electron chi connectivity index (χ3n) is 4.07. The van der Waals surface area contributed by atoms with Crippen LogP contribution in [-0.2, 0) is 15.7 Å². The first-order valence-corrected chi connectivity index (χ1v) is 9.75. The zero-order valence-corrected chi connectivity index (χ0v) is 16.1. The Balaban J connectivity index is 2.04. The van der Waals surface area contributed by atoms with Crippen LogP contribution in [0, 0.1) is 0 Å². The molecule has 1 saturated heterocycles. The van der Waals surface area contributed by atoms with Crippen molar-refractivity contribution >= 4 is 32.6 Å². The van der Waals surface area contributed by atoms with Gasteiger partial charge in [-0.15, -0.1) is 0 Å². The SMILES string of the molecule is CC(C)(C)[S@](=O)N=C1CC2(CCCOC2)Oc2ccc(Br)cc21. The molecule has 1 aromatic carbocycles. The molecule has 0 bridgehead atoms. The molecule has 0 aliphatic carbocycles. The van der Waals surface area contributed by atoms with Crippen molar-refractivity contribution in [3.05, 3.63) is 28.2 Å². The van der Waals surface area contributed by atoms with E-state index in [4.69, 9.17) is 9.47 Å². The minimum atomic E-state index is -1.29. The number of hydrogen-bond acceptors (Lipinski definition) is 3. The first-order valence-electron chi connectivity index (χ1n) is 7.85. The van der Waals surface area contributed by atoms with Gasteiger partial charge >= 0.3 is 0 Å². The van der Waals surface area contributed by atoms with Crippen LogP contribution in [0.3, 0.4) is 0 Å². The van der Waals surface area contributed by atoms with E-state index in [9.17, 15) is 4.21 Å². The van der Waals surface area contributed by atoms with Gasteiger partial charge in [0.15, 0.2) is 0 Å². The Kier molecular flexibility index (Phi) is 4.69. The lowest BCUT2D eigenvalue weighted by molar-refractivity contribution is -0.0660. The van der Waals surface area contributed by atoms with Gasteiger partial charge in [0.25, 0.3) is 0 Å². The molecule has 1 aromatic rings. The molecule has 126 valence electrons. The summed E-state index contributed by atoms with van der Waals surface area (Å²) in [5.74, 6) is 0.801. The molecule has 23 heavy (non-hydrogen) atoms. The predicted octanol–water partition coefficient (Wildman–Crippen LogP) is 4.03. The van der Waals surface area contributed by atoms with Crippen LogP contribution in [0.4, 0.5) is 0 Å². The van der Waals surface area contributed by atoms with Crippen LogP contribution in [-0.4, -0.2) is 33.5 Å². The molecule has 0 saturated carbocycles. The van der Waals surface area contributed by atoms with E-state index < -0.39 is 11.0 Å². The van der Waals surface area contributed by atoms with Crippen LogP contribution in [0.5, 0.6) is 5.75 Å². The maximum absolute atomic E-state index is 12.5. The van der Waals surface area contributed by atoms with Crippen molar-refractivity contribution < 1.29 is 13.7 Å². The second-order valence-corrected chi connectivity index (χ2v) is 9.98. The summed E-state index contributed by atoms with van der Waals surface area (Å²) in [6, 6.07) is 5.90. The van der Waals surface area contributed by atoms with E-state index in [0.717, 1.165) is 40.9 Å². The molecular weight excluding hydrogens is 378 g/mol. The molecule has 2 heterocycles. The largest absolute Gasteiger partial charge is 0.484 e. The van der Waals surface area contributed by atoms with Crippen LogP contribution >= 0.6 is 15.9 Å². The Labute approximate surface area is 148 Å². The lowest BCUT2D eigenvalue weighted by Gasteiger charge is -2.41. The monoisotopic (exact) mass is 399 g/mol. The van der Waals surface area contributed by atoms with E-state index >= 15 is 0 Å². The van der Waals surface area contributed by atoms with Crippen molar-refractivity contribution in [2.45, 2.75) is 50.4 Å². The van der Waals surface area contributed by atoms with Gasteiger partial charge in [0, 0.05) is 23.1 Å². The van der Waals surface area contributed by atoms with Crippen molar-refractivity contribution in [1.29, 1.82) is 0 Å². The van der Waals surface area contributed by atoms with E-state index in [1.165, 1.54) is 0 Å². The predicted molar refractivity (Wildman–Crippen MR) is 96.6 cm³/mol. The normalized spacial score (nSPS) is 27.6. The highest BCUT2D eigenvalue weighted by Gasteiger charge is 2.41. The molecule has 2 atom stereocenters.